The van der Waals surface area contributed by atoms with Crippen LogP contribution in [0.25, 0.3) is 11.5 Å². The van der Waals surface area contributed by atoms with Gasteiger partial charge < -0.3 is 8.94 Å². The van der Waals surface area contributed by atoms with Crippen LogP contribution in [-0.2, 0) is 16.6 Å². The number of sulfonamides is 1. The SMILES string of the molecule is Cc1oc(-c2ccno2)cc1S(=O)(=O)NC1CCN(Cc2cccs2)CC1. The number of piperidine rings is 1. The lowest BCUT2D eigenvalue weighted by Crippen LogP contribution is -2.44. The molecule has 3 aromatic heterocycles. The number of hydrogen-bond acceptors (Lipinski definition) is 7. The Labute approximate surface area is 162 Å². The van der Waals surface area contributed by atoms with Crippen LogP contribution in [0.3, 0.4) is 0 Å². The van der Waals surface area contributed by atoms with Gasteiger partial charge in [-0.3, -0.25) is 4.90 Å². The largest absolute Gasteiger partial charge is 0.457 e. The van der Waals surface area contributed by atoms with Crippen molar-refractivity contribution in [1.82, 2.24) is 14.8 Å². The van der Waals surface area contributed by atoms with E-state index in [1.54, 1.807) is 24.3 Å². The fraction of sp³-hybridized carbons (Fsp3) is 0.389. The summed E-state index contributed by atoms with van der Waals surface area (Å²) in [7, 11) is -3.65. The normalized spacial score (nSPS) is 16.8. The van der Waals surface area contributed by atoms with Gasteiger partial charge in [0.15, 0.2) is 5.76 Å². The Bertz CT molecular complexity index is 970. The molecule has 1 fully saturated rings. The van der Waals surface area contributed by atoms with E-state index in [0.29, 0.717) is 17.3 Å². The standard InChI is InChI=1S/C18H21N3O4S2/c1-13-18(11-17(24-13)16-4-7-19-25-16)27(22,23)20-14-5-8-21(9-6-14)12-15-3-2-10-26-15/h2-4,7,10-11,14,20H,5-6,8-9,12H2,1H3. The third kappa shape index (κ3) is 4.16. The number of furan rings is 1. The number of nitrogens with one attached hydrogen (secondary N) is 1. The van der Waals surface area contributed by atoms with E-state index in [2.05, 4.69) is 32.3 Å². The molecular weight excluding hydrogens is 386 g/mol. The smallest absolute Gasteiger partial charge is 0.244 e. The van der Waals surface area contributed by atoms with Crippen molar-refractivity contribution in [3.05, 3.63) is 46.5 Å². The minimum atomic E-state index is -3.65. The molecule has 0 aromatic carbocycles. The number of thiophene rings is 1. The van der Waals surface area contributed by atoms with Gasteiger partial charge in [0.1, 0.15) is 10.7 Å². The van der Waals surface area contributed by atoms with Gasteiger partial charge in [0.2, 0.25) is 15.8 Å². The van der Waals surface area contributed by atoms with Gasteiger partial charge >= 0.3 is 0 Å². The Hall–Kier alpha value is -1.94. The van der Waals surface area contributed by atoms with Crippen LogP contribution in [0.5, 0.6) is 0 Å². The molecule has 0 amide bonds. The van der Waals surface area contributed by atoms with Crippen LogP contribution in [0.4, 0.5) is 0 Å². The molecule has 0 atom stereocenters. The molecule has 1 saturated heterocycles. The van der Waals surface area contributed by atoms with Gasteiger partial charge in [-0.05, 0) is 31.2 Å². The van der Waals surface area contributed by atoms with E-state index in [9.17, 15) is 8.42 Å². The molecule has 1 aliphatic heterocycles. The third-order valence-corrected chi connectivity index (χ3v) is 7.20. The maximum absolute atomic E-state index is 12.8. The summed E-state index contributed by atoms with van der Waals surface area (Å²) in [4.78, 5) is 3.85. The number of rotatable bonds is 6. The van der Waals surface area contributed by atoms with Crippen LogP contribution in [0.2, 0.25) is 0 Å². The summed E-state index contributed by atoms with van der Waals surface area (Å²) in [6.07, 6.45) is 3.07. The summed E-state index contributed by atoms with van der Waals surface area (Å²) >= 11 is 1.75. The van der Waals surface area contributed by atoms with Gasteiger partial charge in [0.05, 0.1) is 6.20 Å². The molecule has 27 heavy (non-hydrogen) atoms. The Morgan fingerprint density at radius 1 is 1.30 bits per heavy atom. The maximum Gasteiger partial charge on any atom is 0.244 e. The molecule has 3 aromatic rings. The van der Waals surface area contributed by atoms with Crippen molar-refractivity contribution in [2.75, 3.05) is 13.1 Å². The lowest BCUT2D eigenvalue weighted by molar-refractivity contribution is 0.201. The highest BCUT2D eigenvalue weighted by atomic mass is 32.2. The Balaban J connectivity index is 1.39. The van der Waals surface area contributed by atoms with Crippen LogP contribution in [-0.4, -0.2) is 37.6 Å². The van der Waals surface area contributed by atoms with Gasteiger partial charge in [-0.25, -0.2) is 13.1 Å². The molecule has 1 N–H and O–H groups in total. The minimum Gasteiger partial charge on any atom is -0.457 e. The van der Waals surface area contributed by atoms with Crippen molar-refractivity contribution in [1.29, 1.82) is 0 Å². The predicted octanol–water partition coefficient (Wildman–Crippen LogP) is 3.25. The van der Waals surface area contributed by atoms with Crippen LogP contribution >= 0.6 is 11.3 Å². The van der Waals surface area contributed by atoms with Crippen molar-refractivity contribution in [3.63, 3.8) is 0 Å². The molecule has 0 unspecified atom stereocenters. The number of aryl methyl sites for hydroxylation is 1. The van der Waals surface area contributed by atoms with Crippen molar-refractivity contribution in [3.8, 4) is 11.5 Å². The van der Waals surface area contributed by atoms with E-state index in [4.69, 9.17) is 8.94 Å². The summed E-state index contributed by atoms with van der Waals surface area (Å²) in [6.45, 7) is 4.31. The Morgan fingerprint density at radius 3 is 2.78 bits per heavy atom. The first-order valence-corrected chi connectivity index (χ1v) is 11.2. The first-order valence-electron chi connectivity index (χ1n) is 8.80. The molecule has 0 bridgehead atoms. The lowest BCUT2D eigenvalue weighted by atomic mass is 10.1. The zero-order chi connectivity index (χ0) is 18.9. The minimum absolute atomic E-state index is 0.0717. The van der Waals surface area contributed by atoms with E-state index in [1.165, 1.54) is 17.1 Å². The van der Waals surface area contributed by atoms with Gasteiger partial charge in [-0.15, -0.1) is 11.3 Å². The molecule has 0 spiro atoms. The van der Waals surface area contributed by atoms with Crippen LogP contribution < -0.4 is 4.72 Å². The first-order chi connectivity index (χ1) is 13.0. The van der Waals surface area contributed by atoms with Crippen molar-refractivity contribution in [2.45, 2.75) is 37.2 Å². The average Bonchev–Trinajstić information content (AvgIpc) is 3.37. The highest BCUT2D eigenvalue weighted by molar-refractivity contribution is 7.89. The first kappa shape index (κ1) is 18.4. The van der Waals surface area contributed by atoms with E-state index in [0.717, 1.165) is 32.5 Å². The fourth-order valence-corrected chi connectivity index (χ4v) is 5.54. The predicted molar refractivity (Wildman–Crippen MR) is 102 cm³/mol. The molecule has 9 heteroatoms. The second-order valence-electron chi connectivity index (χ2n) is 6.66. The number of nitrogens with zero attached hydrogens (tertiary/aromatic N) is 2. The molecule has 4 heterocycles. The molecule has 0 radical (unpaired) electrons. The highest BCUT2D eigenvalue weighted by Gasteiger charge is 2.28. The molecule has 4 rings (SSSR count). The van der Waals surface area contributed by atoms with E-state index in [-0.39, 0.29) is 10.9 Å². The van der Waals surface area contributed by atoms with Crippen LogP contribution in [0, 0.1) is 6.92 Å². The maximum atomic E-state index is 12.8. The van der Waals surface area contributed by atoms with Gasteiger partial charge in [0, 0.05) is 42.7 Å². The molecule has 7 nitrogen and oxygen atoms in total. The Kier molecular flexibility index (Phi) is 5.18. The highest BCUT2D eigenvalue weighted by Crippen LogP contribution is 2.28. The number of aromatic nitrogens is 1. The molecule has 144 valence electrons. The number of hydrogen-bond donors (Lipinski definition) is 1. The van der Waals surface area contributed by atoms with Crippen molar-refractivity contribution in [2.24, 2.45) is 0 Å². The summed E-state index contributed by atoms with van der Waals surface area (Å²) in [5, 5.41) is 5.70. The zero-order valence-electron chi connectivity index (χ0n) is 14.9. The summed E-state index contributed by atoms with van der Waals surface area (Å²) in [5.41, 5.74) is 0. The van der Waals surface area contributed by atoms with E-state index >= 15 is 0 Å². The van der Waals surface area contributed by atoms with Crippen molar-refractivity contribution >= 4 is 21.4 Å². The second-order valence-corrected chi connectivity index (χ2v) is 9.37. The summed E-state index contributed by atoms with van der Waals surface area (Å²) in [6, 6.07) is 7.24. The third-order valence-electron chi connectivity index (χ3n) is 4.71. The van der Waals surface area contributed by atoms with E-state index in [1.807, 2.05) is 0 Å². The second kappa shape index (κ2) is 7.59. The average molecular weight is 408 g/mol. The monoisotopic (exact) mass is 407 g/mol. The van der Waals surface area contributed by atoms with Crippen molar-refractivity contribution < 1.29 is 17.4 Å². The summed E-state index contributed by atoms with van der Waals surface area (Å²) < 4.78 is 39.0. The molecule has 1 aliphatic rings. The molecular formula is C18H21N3O4S2. The van der Waals surface area contributed by atoms with Gasteiger partial charge in [-0.2, -0.15) is 0 Å². The van der Waals surface area contributed by atoms with Crippen LogP contribution in [0.1, 0.15) is 23.5 Å². The van der Waals surface area contributed by atoms with E-state index < -0.39 is 10.0 Å². The molecule has 0 aliphatic carbocycles. The number of likely N-dealkylation sites (tertiary alicyclic amines) is 1. The quantitative estimate of drug-likeness (QED) is 0.675. The topological polar surface area (TPSA) is 88.6 Å². The van der Waals surface area contributed by atoms with Gasteiger partial charge in [-0.1, -0.05) is 11.2 Å². The fourth-order valence-electron chi connectivity index (χ4n) is 3.31. The summed E-state index contributed by atoms with van der Waals surface area (Å²) in [5.74, 6) is 1.10. The molecule has 0 saturated carbocycles. The van der Waals surface area contributed by atoms with Gasteiger partial charge in [0.25, 0.3) is 0 Å². The lowest BCUT2D eigenvalue weighted by Gasteiger charge is -2.31. The van der Waals surface area contributed by atoms with Crippen LogP contribution in [0.15, 0.2) is 49.7 Å². The zero-order valence-corrected chi connectivity index (χ0v) is 16.6. The Morgan fingerprint density at radius 2 is 2.11 bits per heavy atom.